The van der Waals surface area contributed by atoms with Gasteiger partial charge >= 0.3 is 6.09 Å². The minimum absolute atomic E-state index is 0.0444. The number of hydrogen-bond donors (Lipinski definition) is 2. The van der Waals surface area contributed by atoms with Gasteiger partial charge in [-0.2, -0.15) is 0 Å². The van der Waals surface area contributed by atoms with Crippen LogP contribution in [0.15, 0.2) is 28.6 Å². The Kier molecular flexibility index (Phi) is 8.09. The molecule has 188 valence electrons. The van der Waals surface area contributed by atoms with Crippen molar-refractivity contribution >= 4 is 50.9 Å². The Morgan fingerprint density at radius 2 is 1.91 bits per heavy atom. The van der Waals surface area contributed by atoms with Crippen molar-refractivity contribution in [1.82, 2.24) is 5.32 Å². The zero-order chi connectivity index (χ0) is 26.1. The average molecular weight is 516 g/mol. The molecule has 2 N–H and O–H groups in total. The molecule has 12 heteroatoms. The normalized spacial score (nSPS) is 17.2. The molecule has 0 radical (unpaired) electrons. The van der Waals surface area contributed by atoms with Gasteiger partial charge in [-0.3, -0.25) is 4.79 Å². The predicted octanol–water partition coefficient (Wildman–Crippen LogP) is 3.60. The van der Waals surface area contributed by atoms with E-state index in [0.29, 0.717) is 10.6 Å². The number of nitrogens with one attached hydrogen (secondary N) is 2. The Balaban J connectivity index is 2.33. The molecule has 0 bridgehead atoms. The van der Waals surface area contributed by atoms with Crippen LogP contribution in [0.1, 0.15) is 40.2 Å². The van der Waals surface area contributed by atoms with Gasteiger partial charge in [0.15, 0.2) is 9.84 Å². The molecule has 0 spiro atoms. The summed E-state index contributed by atoms with van der Waals surface area (Å²) >= 11 is 1.18. The summed E-state index contributed by atoms with van der Waals surface area (Å²) in [7, 11) is -2.34. The molecule has 1 aliphatic rings. The standard InChI is InChI=1S/C22H30FN3O6S2/c1-12(24-19(31-7)22(5,6)34(8,29)30)13-9-15-17(10-14(13)23)33-11-16(18(27)25-15)26-20(28)32-21(2,3)4/h9-10,16H,1,11H2,2-8H3,(H,25,27)(H,26,28)/t16-/m0/s1. The summed E-state index contributed by atoms with van der Waals surface area (Å²) in [6, 6.07) is 1.67. The summed E-state index contributed by atoms with van der Waals surface area (Å²) in [5, 5.41) is 5.19. The van der Waals surface area contributed by atoms with E-state index in [-0.39, 0.29) is 22.9 Å². The van der Waals surface area contributed by atoms with E-state index in [1.54, 1.807) is 20.8 Å². The number of nitrogens with zero attached hydrogens (tertiary/aromatic N) is 1. The van der Waals surface area contributed by atoms with Gasteiger partial charge in [-0.1, -0.05) is 6.58 Å². The summed E-state index contributed by atoms with van der Waals surface area (Å²) in [4.78, 5) is 29.3. The average Bonchev–Trinajstić information content (AvgIpc) is 2.81. The van der Waals surface area contributed by atoms with Gasteiger partial charge in [0, 0.05) is 22.5 Å². The number of hydrogen-bond acceptors (Lipinski definition) is 8. The molecule has 1 atom stereocenters. The van der Waals surface area contributed by atoms with Crippen LogP contribution in [0.4, 0.5) is 14.9 Å². The van der Waals surface area contributed by atoms with Gasteiger partial charge < -0.3 is 20.1 Å². The Hall–Kier alpha value is -2.60. The number of amides is 2. The number of carbonyl (C=O) groups is 2. The van der Waals surface area contributed by atoms with E-state index in [1.165, 1.54) is 44.9 Å². The number of rotatable bonds is 5. The quantitative estimate of drug-likeness (QED) is 0.454. The lowest BCUT2D eigenvalue weighted by atomic mass is 10.1. The Bertz CT molecular complexity index is 1140. The smallest absolute Gasteiger partial charge is 0.408 e. The third-order valence-corrected chi connectivity index (χ3v) is 8.10. The van der Waals surface area contributed by atoms with Crippen LogP contribution in [0, 0.1) is 5.82 Å². The van der Waals surface area contributed by atoms with Crippen LogP contribution in [-0.2, 0) is 24.1 Å². The number of sulfone groups is 1. The molecule has 1 aromatic rings. The van der Waals surface area contributed by atoms with Crippen LogP contribution >= 0.6 is 11.8 Å². The number of carbonyl (C=O) groups excluding carboxylic acids is 2. The van der Waals surface area contributed by atoms with Crippen LogP contribution in [0.25, 0.3) is 5.70 Å². The van der Waals surface area contributed by atoms with Gasteiger partial charge in [-0.25, -0.2) is 22.6 Å². The minimum Gasteiger partial charge on any atom is -0.483 e. The monoisotopic (exact) mass is 515 g/mol. The summed E-state index contributed by atoms with van der Waals surface area (Å²) in [5.41, 5.74) is -0.553. The number of fused-ring (bicyclic) bond motifs is 1. The molecule has 0 saturated heterocycles. The van der Waals surface area contributed by atoms with Crippen LogP contribution in [0.3, 0.4) is 0 Å². The van der Waals surface area contributed by atoms with E-state index in [0.717, 1.165) is 6.26 Å². The molecule has 1 heterocycles. The third-order valence-electron chi connectivity index (χ3n) is 4.92. The van der Waals surface area contributed by atoms with Crippen molar-refractivity contribution in [3.63, 3.8) is 0 Å². The summed E-state index contributed by atoms with van der Waals surface area (Å²) in [6.45, 7) is 11.7. The maximum atomic E-state index is 14.9. The van der Waals surface area contributed by atoms with Crippen LogP contribution in [0.5, 0.6) is 0 Å². The van der Waals surface area contributed by atoms with Crippen molar-refractivity contribution < 1.29 is 31.9 Å². The van der Waals surface area contributed by atoms with Crippen molar-refractivity contribution in [3.8, 4) is 0 Å². The molecular weight excluding hydrogens is 485 g/mol. The van der Waals surface area contributed by atoms with Crippen LogP contribution in [0.2, 0.25) is 0 Å². The highest BCUT2D eigenvalue weighted by Gasteiger charge is 2.38. The minimum atomic E-state index is -3.60. The summed E-state index contributed by atoms with van der Waals surface area (Å²) in [5.74, 6) is -1.17. The first kappa shape index (κ1) is 27.6. The summed E-state index contributed by atoms with van der Waals surface area (Å²) < 4.78 is 48.1. The number of aliphatic imine (C=N–C) groups is 1. The molecule has 2 amide bonds. The Morgan fingerprint density at radius 1 is 1.29 bits per heavy atom. The van der Waals surface area contributed by atoms with Crippen molar-refractivity contribution in [1.29, 1.82) is 0 Å². The molecule has 1 aliphatic heterocycles. The number of methoxy groups -OCH3 is 1. The highest BCUT2D eigenvalue weighted by atomic mass is 32.2. The number of alkyl carbamates (subject to hydrolysis) is 1. The number of thioether (sulfide) groups is 1. The first-order chi connectivity index (χ1) is 15.5. The fraction of sp³-hybridized carbons (Fsp3) is 0.500. The second-order valence-corrected chi connectivity index (χ2v) is 12.8. The molecule has 0 aromatic heterocycles. The Morgan fingerprint density at radius 3 is 2.44 bits per heavy atom. The fourth-order valence-electron chi connectivity index (χ4n) is 2.79. The molecule has 0 unspecified atom stereocenters. The van der Waals surface area contributed by atoms with Gasteiger partial charge in [0.2, 0.25) is 11.8 Å². The number of ether oxygens (including phenoxy) is 2. The van der Waals surface area contributed by atoms with E-state index in [4.69, 9.17) is 9.47 Å². The van der Waals surface area contributed by atoms with Gasteiger partial charge in [0.05, 0.1) is 18.5 Å². The molecule has 9 nitrogen and oxygen atoms in total. The van der Waals surface area contributed by atoms with E-state index >= 15 is 0 Å². The number of halogens is 1. The zero-order valence-electron chi connectivity index (χ0n) is 20.2. The maximum absolute atomic E-state index is 14.9. The summed E-state index contributed by atoms with van der Waals surface area (Å²) in [6.07, 6.45) is 0.302. The van der Waals surface area contributed by atoms with E-state index < -0.39 is 44.0 Å². The molecule has 1 aromatic carbocycles. The lowest BCUT2D eigenvalue weighted by Gasteiger charge is -2.23. The number of benzene rings is 1. The first-order valence-corrected chi connectivity index (χ1v) is 13.1. The van der Waals surface area contributed by atoms with Crippen molar-refractivity contribution in [2.24, 2.45) is 4.99 Å². The SMILES string of the molecule is C=C(N=C(OC)C(C)(C)S(C)(=O)=O)c1cc2c(cc1F)SC[C@H](NC(=O)OC(C)(C)C)C(=O)N2. The maximum Gasteiger partial charge on any atom is 0.408 e. The lowest BCUT2D eigenvalue weighted by Crippen LogP contribution is -2.46. The topological polar surface area (TPSA) is 123 Å². The second kappa shape index (κ2) is 9.95. The fourth-order valence-corrected chi connectivity index (χ4v) is 4.27. The van der Waals surface area contributed by atoms with Crippen LogP contribution < -0.4 is 10.6 Å². The molecule has 34 heavy (non-hydrogen) atoms. The molecule has 0 saturated carbocycles. The van der Waals surface area contributed by atoms with E-state index in [9.17, 15) is 22.4 Å². The molecule has 0 aliphatic carbocycles. The molecule has 0 fully saturated rings. The molecular formula is C22H30FN3O6S2. The number of anilines is 1. The predicted molar refractivity (Wildman–Crippen MR) is 131 cm³/mol. The van der Waals surface area contributed by atoms with Gasteiger partial charge in [-0.15, -0.1) is 11.8 Å². The lowest BCUT2D eigenvalue weighted by molar-refractivity contribution is -0.117. The highest BCUT2D eigenvalue weighted by Crippen LogP contribution is 2.35. The van der Waals surface area contributed by atoms with Crippen molar-refractivity contribution in [3.05, 3.63) is 30.1 Å². The molecule has 2 rings (SSSR count). The largest absolute Gasteiger partial charge is 0.483 e. The van der Waals surface area contributed by atoms with Gasteiger partial charge in [0.25, 0.3) is 0 Å². The third kappa shape index (κ3) is 6.50. The van der Waals surface area contributed by atoms with E-state index in [1.807, 2.05) is 0 Å². The first-order valence-electron chi connectivity index (χ1n) is 10.2. The van der Waals surface area contributed by atoms with Gasteiger partial charge in [-0.05, 0) is 46.8 Å². The second-order valence-electron chi connectivity index (χ2n) is 9.18. The Labute approximate surface area is 203 Å². The van der Waals surface area contributed by atoms with Crippen molar-refractivity contribution in [2.75, 3.05) is 24.4 Å². The highest BCUT2D eigenvalue weighted by molar-refractivity contribution is 7.99. The van der Waals surface area contributed by atoms with E-state index in [2.05, 4.69) is 22.2 Å². The van der Waals surface area contributed by atoms with Crippen molar-refractivity contribution in [2.45, 2.75) is 55.9 Å². The van der Waals surface area contributed by atoms with Crippen LogP contribution in [-0.4, -0.2) is 61.8 Å². The van der Waals surface area contributed by atoms with Gasteiger partial charge in [0.1, 0.15) is 22.2 Å². The zero-order valence-corrected chi connectivity index (χ0v) is 21.9.